The minimum Gasteiger partial charge on any atom is -0.383 e. The highest BCUT2D eigenvalue weighted by atomic mass is 16.5. The summed E-state index contributed by atoms with van der Waals surface area (Å²) >= 11 is 0. The number of methoxy groups -OCH3 is 1. The third kappa shape index (κ3) is 4.37. The Bertz CT molecular complexity index is 172. The summed E-state index contributed by atoms with van der Waals surface area (Å²) in [5.41, 5.74) is 0. The van der Waals surface area contributed by atoms with Gasteiger partial charge in [-0.3, -0.25) is 4.90 Å². The second-order valence-corrected chi connectivity index (χ2v) is 4.50. The van der Waals surface area contributed by atoms with Gasteiger partial charge in [-0.05, 0) is 26.4 Å². The number of nitrogens with zero attached hydrogens (tertiary/aromatic N) is 1. The molecule has 1 rings (SSSR count). The molecule has 16 heavy (non-hydrogen) atoms. The number of hydrogen-bond acceptors (Lipinski definition) is 4. The van der Waals surface area contributed by atoms with Crippen LogP contribution in [0.15, 0.2) is 0 Å². The van der Waals surface area contributed by atoms with Crippen LogP contribution in [-0.4, -0.2) is 64.1 Å². The zero-order valence-corrected chi connectivity index (χ0v) is 10.9. The van der Waals surface area contributed by atoms with Crippen LogP contribution in [0.25, 0.3) is 0 Å². The van der Waals surface area contributed by atoms with Crippen LogP contribution < -0.4 is 5.32 Å². The van der Waals surface area contributed by atoms with Gasteiger partial charge >= 0.3 is 0 Å². The Morgan fingerprint density at radius 2 is 2.38 bits per heavy atom. The Labute approximate surface area is 99.3 Å². The fourth-order valence-corrected chi connectivity index (χ4v) is 2.10. The van der Waals surface area contributed by atoms with E-state index in [2.05, 4.69) is 24.2 Å². The van der Waals surface area contributed by atoms with Crippen molar-refractivity contribution in [3.63, 3.8) is 0 Å². The van der Waals surface area contributed by atoms with Crippen LogP contribution in [-0.2, 0) is 9.47 Å². The molecule has 0 radical (unpaired) electrons. The van der Waals surface area contributed by atoms with Gasteiger partial charge in [0.15, 0.2) is 0 Å². The Morgan fingerprint density at radius 1 is 1.56 bits per heavy atom. The van der Waals surface area contributed by atoms with Crippen LogP contribution in [0, 0.1) is 0 Å². The second-order valence-electron chi connectivity index (χ2n) is 4.50. The molecule has 0 aliphatic carbocycles. The van der Waals surface area contributed by atoms with E-state index in [1.54, 1.807) is 7.11 Å². The first-order valence-electron chi connectivity index (χ1n) is 6.29. The van der Waals surface area contributed by atoms with Crippen molar-refractivity contribution in [3.8, 4) is 0 Å². The summed E-state index contributed by atoms with van der Waals surface area (Å²) in [4.78, 5) is 2.40. The summed E-state index contributed by atoms with van der Waals surface area (Å²) in [6.07, 6.45) is 2.32. The number of rotatable bonds is 8. The van der Waals surface area contributed by atoms with Gasteiger partial charge in [0.05, 0.1) is 13.2 Å². The molecule has 0 aromatic rings. The van der Waals surface area contributed by atoms with Crippen molar-refractivity contribution in [2.45, 2.75) is 31.8 Å². The maximum absolute atomic E-state index is 5.43. The number of likely N-dealkylation sites (N-methyl/N-ethyl adjacent to an activating group) is 1. The molecule has 0 spiro atoms. The Balaban J connectivity index is 2.34. The standard InChI is InChI=1S/C12H26N2O2/c1-4-6-13-8-12(9-15-3)14(2)11-5-7-16-10-11/h11-13H,4-10H2,1-3H3. The zero-order valence-electron chi connectivity index (χ0n) is 10.9. The fraction of sp³-hybridized carbons (Fsp3) is 1.00. The summed E-state index contributed by atoms with van der Waals surface area (Å²) < 4.78 is 10.7. The van der Waals surface area contributed by atoms with E-state index in [1.807, 2.05) is 0 Å². The molecule has 1 fully saturated rings. The Hall–Kier alpha value is -0.160. The molecule has 1 aliphatic heterocycles. The molecule has 1 heterocycles. The normalized spacial score (nSPS) is 22.9. The molecule has 4 heteroatoms. The lowest BCUT2D eigenvalue weighted by atomic mass is 10.1. The van der Waals surface area contributed by atoms with Gasteiger partial charge in [0.1, 0.15) is 0 Å². The SMILES string of the molecule is CCCNCC(COC)N(C)C1CCOC1. The van der Waals surface area contributed by atoms with Crippen LogP contribution in [0.5, 0.6) is 0 Å². The van der Waals surface area contributed by atoms with E-state index in [0.29, 0.717) is 12.1 Å². The molecule has 2 unspecified atom stereocenters. The monoisotopic (exact) mass is 230 g/mol. The van der Waals surface area contributed by atoms with Gasteiger partial charge in [-0.25, -0.2) is 0 Å². The van der Waals surface area contributed by atoms with E-state index in [1.165, 1.54) is 6.42 Å². The highest BCUT2D eigenvalue weighted by molar-refractivity contribution is 4.80. The molecular weight excluding hydrogens is 204 g/mol. The summed E-state index contributed by atoms with van der Waals surface area (Å²) in [5.74, 6) is 0. The quantitative estimate of drug-likeness (QED) is 0.623. The van der Waals surface area contributed by atoms with E-state index in [-0.39, 0.29) is 0 Å². The third-order valence-corrected chi connectivity index (χ3v) is 3.22. The highest BCUT2D eigenvalue weighted by Crippen LogP contribution is 2.13. The predicted octanol–water partition coefficient (Wildman–Crippen LogP) is 0.722. The average Bonchev–Trinajstić information content (AvgIpc) is 2.81. The maximum Gasteiger partial charge on any atom is 0.0630 e. The molecular formula is C12H26N2O2. The van der Waals surface area contributed by atoms with Crippen molar-refractivity contribution in [2.75, 3.05) is 47.1 Å². The molecule has 0 aromatic heterocycles. The lowest BCUT2D eigenvalue weighted by Gasteiger charge is -2.32. The van der Waals surface area contributed by atoms with Gasteiger partial charge in [-0.2, -0.15) is 0 Å². The van der Waals surface area contributed by atoms with E-state index in [9.17, 15) is 0 Å². The van der Waals surface area contributed by atoms with Gasteiger partial charge < -0.3 is 14.8 Å². The minimum atomic E-state index is 0.447. The third-order valence-electron chi connectivity index (χ3n) is 3.22. The van der Waals surface area contributed by atoms with Gasteiger partial charge in [-0.1, -0.05) is 6.92 Å². The van der Waals surface area contributed by atoms with Crippen LogP contribution in [0.2, 0.25) is 0 Å². The molecule has 1 N–H and O–H groups in total. The van der Waals surface area contributed by atoms with Crippen LogP contribution in [0.3, 0.4) is 0 Å². The molecule has 1 aliphatic rings. The van der Waals surface area contributed by atoms with Crippen molar-refractivity contribution < 1.29 is 9.47 Å². The van der Waals surface area contributed by atoms with E-state index < -0.39 is 0 Å². The van der Waals surface area contributed by atoms with Crippen molar-refractivity contribution >= 4 is 0 Å². The van der Waals surface area contributed by atoms with Crippen LogP contribution in [0.4, 0.5) is 0 Å². The van der Waals surface area contributed by atoms with Crippen molar-refractivity contribution in [1.29, 1.82) is 0 Å². The molecule has 0 aromatic carbocycles. The first-order chi connectivity index (χ1) is 7.79. The largest absolute Gasteiger partial charge is 0.383 e. The number of hydrogen-bond donors (Lipinski definition) is 1. The molecule has 1 saturated heterocycles. The lowest BCUT2D eigenvalue weighted by Crippen LogP contribution is -2.48. The zero-order chi connectivity index (χ0) is 11.8. The van der Waals surface area contributed by atoms with E-state index in [0.717, 1.165) is 39.3 Å². The molecule has 0 amide bonds. The van der Waals surface area contributed by atoms with Crippen LogP contribution in [0.1, 0.15) is 19.8 Å². The minimum absolute atomic E-state index is 0.447. The van der Waals surface area contributed by atoms with Gasteiger partial charge in [0, 0.05) is 32.3 Å². The van der Waals surface area contributed by atoms with Crippen LogP contribution >= 0.6 is 0 Å². The first-order valence-corrected chi connectivity index (χ1v) is 6.29. The predicted molar refractivity (Wildman–Crippen MR) is 65.8 cm³/mol. The summed E-state index contributed by atoms with van der Waals surface area (Å²) in [6, 6.07) is 1.01. The van der Waals surface area contributed by atoms with Gasteiger partial charge in [0.2, 0.25) is 0 Å². The number of ether oxygens (including phenoxy) is 2. The topological polar surface area (TPSA) is 33.7 Å². The Morgan fingerprint density at radius 3 is 2.94 bits per heavy atom. The van der Waals surface area contributed by atoms with Gasteiger partial charge in [0.25, 0.3) is 0 Å². The summed E-state index contributed by atoms with van der Waals surface area (Å²) in [6.45, 7) is 6.81. The van der Waals surface area contributed by atoms with Crippen molar-refractivity contribution in [1.82, 2.24) is 10.2 Å². The number of nitrogens with one attached hydrogen (secondary N) is 1. The van der Waals surface area contributed by atoms with Crippen molar-refractivity contribution in [2.24, 2.45) is 0 Å². The molecule has 96 valence electrons. The summed E-state index contributed by atoms with van der Waals surface area (Å²) in [7, 11) is 3.95. The highest BCUT2D eigenvalue weighted by Gasteiger charge is 2.25. The lowest BCUT2D eigenvalue weighted by molar-refractivity contribution is 0.0720. The molecule has 2 atom stereocenters. The first kappa shape index (κ1) is 13.9. The van der Waals surface area contributed by atoms with Crippen molar-refractivity contribution in [3.05, 3.63) is 0 Å². The fourth-order valence-electron chi connectivity index (χ4n) is 2.10. The Kier molecular flexibility index (Phi) is 6.96. The smallest absolute Gasteiger partial charge is 0.0630 e. The van der Waals surface area contributed by atoms with E-state index >= 15 is 0 Å². The molecule has 0 bridgehead atoms. The molecule has 4 nitrogen and oxygen atoms in total. The van der Waals surface area contributed by atoms with Gasteiger partial charge in [-0.15, -0.1) is 0 Å². The summed E-state index contributed by atoms with van der Waals surface area (Å²) in [5, 5.41) is 3.46. The maximum atomic E-state index is 5.43. The van der Waals surface area contributed by atoms with E-state index in [4.69, 9.17) is 9.47 Å². The average molecular weight is 230 g/mol. The second kappa shape index (κ2) is 8.01. The molecule has 0 saturated carbocycles.